The Balaban J connectivity index is 1.40. The van der Waals surface area contributed by atoms with E-state index in [0.29, 0.717) is 19.0 Å². The Labute approximate surface area is 170 Å². The van der Waals surface area contributed by atoms with Crippen molar-refractivity contribution in [1.29, 1.82) is 0 Å². The normalized spacial score (nSPS) is 21.2. The molecule has 2 aromatic carbocycles. The predicted octanol–water partition coefficient (Wildman–Crippen LogP) is 4.76. The minimum absolute atomic E-state index is 0.116. The van der Waals surface area contributed by atoms with Crippen LogP contribution in [0.1, 0.15) is 54.1 Å². The lowest BCUT2D eigenvalue weighted by Gasteiger charge is -2.30. The van der Waals surface area contributed by atoms with Crippen LogP contribution < -0.4 is 4.74 Å². The molecular formula is C24H26FNO3. The molecule has 5 heteroatoms. The van der Waals surface area contributed by atoms with E-state index in [4.69, 9.17) is 4.74 Å². The molecule has 4 nitrogen and oxygen atoms in total. The summed E-state index contributed by atoms with van der Waals surface area (Å²) in [6.45, 7) is 2.98. The van der Waals surface area contributed by atoms with E-state index in [1.54, 1.807) is 24.0 Å². The Morgan fingerprint density at radius 1 is 1.10 bits per heavy atom. The molecule has 1 saturated carbocycles. The summed E-state index contributed by atoms with van der Waals surface area (Å²) >= 11 is 0. The highest BCUT2D eigenvalue weighted by molar-refractivity contribution is 5.99. The zero-order valence-corrected chi connectivity index (χ0v) is 16.7. The fourth-order valence-electron chi connectivity index (χ4n) is 4.45. The van der Waals surface area contributed by atoms with Gasteiger partial charge in [-0.25, -0.2) is 4.39 Å². The molecule has 0 aromatic heterocycles. The SMILES string of the molecule is CC(=O)C1CCC(CN2Cc3ccc(OCc4ccccc4)c(F)c3C2=O)CC1. The van der Waals surface area contributed by atoms with Gasteiger partial charge in [0, 0.05) is 19.0 Å². The molecular weight excluding hydrogens is 369 g/mol. The molecule has 0 saturated heterocycles. The molecule has 0 atom stereocenters. The molecule has 1 amide bonds. The lowest BCUT2D eigenvalue weighted by Crippen LogP contribution is -2.32. The number of benzene rings is 2. The minimum atomic E-state index is -0.564. The zero-order valence-electron chi connectivity index (χ0n) is 16.7. The lowest BCUT2D eigenvalue weighted by molar-refractivity contribution is -0.121. The van der Waals surface area contributed by atoms with Crippen molar-refractivity contribution in [3.8, 4) is 5.75 Å². The first kappa shape index (κ1) is 19.6. The molecule has 29 heavy (non-hydrogen) atoms. The lowest BCUT2D eigenvalue weighted by atomic mass is 9.80. The Bertz CT molecular complexity index is 904. The van der Waals surface area contributed by atoms with Gasteiger partial charge in [0.25, 0.3) is 5.91 Å². The number of fused-ring (bicyclic) bond motifs is 1. The Kier molecular flexibility index (Phi) is 5.65. The van der Waals surface area contributed by atoms with Crippen LogP contribution in [0.5, 0.6) is 5.75 Å². The van der Waals surface area contributed by atoms with Crippen molar-refractivity contribution >= 4 is 11.7 Å². The van der Waals surface area contributed by atoms with E-state index in [9.17, 15) is 9.59 Å². The van der Waals surface area contributed by atoms with Crippen LogP contribution in [0.3, 0.4) is 0 Å². The molecule has 2 aromatic rings. The zero-order chi connectivity index (χ0) is 20.4. The molecule has 2 aliphatic rings. The van der Waals surface area contributed by atoms with Crippen molar-refractivity contribution in [2.45, 2.75) is 45.8 Å². The molecule has 0 radical (unpaired) electrons. The van der Waals surface area contributed by atoms with Crippen molar-refractivity contribution in [2.75, 3.05) is 6.54 Å². The summed E-state index contributed by atoms with van der Waals surface area (Å²) in [7, 11) is 0. The van der Waals surface area contributed by atoms with E-state index in [1.807, 2.05) is 30.3 Å². The van der Waals surface area contributed by atoms with E-state index in [0.717, 1.165) is 36.8 Å². The smallest absolute Gasteiger partial charge is 0.257 e. The highest BCUT2D eigenvalue weighted by atomic mass is 19.1. The third-order valence-corrected chi connectivity index (χ3v) is 6.19. The van der Waals surface area contributed by atoms with Crippen molar-refractivity contribution in [2.24, 2.45) is 11.8 Å². The van der Waals surface area contributed by atoms with E-state index in [1.165, 1.54) is 0 Å². The van der Waals surface area contributed by atoms with Crippen LogP contribution in [0, 0.1) is 17.7 Å². The summed E-state index contributed by atoms with van der Waals surface area (Å²) in [5.74, 6) is 0.103. The van der Waals surface area contributed by atoms with Crippen molar-refractivity contribution in [3.63, 3.8) is 0 Å². The standard InChI is InChI=1S/C24H26FNO3/c1-16(27)19-9-7-17(8-10-19)13-26-14-20-11-12-21(23(25)22(20)24(26)28)29-15-18-5-3-2-4-6-18/h2-6,11-12,17,19H,7-10,13-15H2,1H3. The monoisotopic (exact) mass is 395 g/mol. The average Bonchev–Trinajstić information content (AvgIpc) is 3.05. The number of carbonyl (C=O) groups is 2. The van der Waals surface area contributed by atoms with Gasteiger partial charge >= 0.3 is 0 Å². The number of carbonyl (C=O) groups excluding carboxylic acids is 2. The van der Waals surface area contributed by atoms with E-state index < -0.39 is 5.82 Å². The molecule has 0 bridgehead atoms. The second kappa shape index (κ2) is 8.36. The fourth-order valence-corrected chi connectivity index (χ4v) is 4.45. The van der Waals surface area contributed by atoms with Gasteiger partial charge in [-0.3, -0.25) is 9.59 Å². The molecule has 0 unspecified atom stereocenters. The second-order valence-electron chi connectivity index (χ2n) is 8.20. The number of hydrogen-bond donors (Lipinski definition) is 0. The van der Waals surface area contributed by atoms with Gasteiger partial charge in [0.2, 0.25) is 0 Å². The van der Waals surface area contributed by atoms with Crippen molar-refractivity contribution < 1.29 is 18.7 Å². The quantitative estimate of drug-likeness (QED) is 0.709. The molecule has 0 spiro atoms. The third kappa shape index (κ3) is 4.19. The van der Waals surface area contributed by atoms with Crippen LogP contribution in [0.15, 0.2) is 42.5 Å². The number of hydrogen-bond acceptors (Lipinski definition) is 3. The van der Waals surface area contributed by atoms with E-state index in [2.05, 4.69) is 0 Å². The van der Waals surface area contributed by atoms with Crippen molar-refractivity contribution in [1.82, 2.24) is 4.90 Å². The van der Waals surface area contributed by atoms with Gasteiger partial charge in [0.05, 0.1) is 5.56 Å². The van der Waals surface area contributed by atoms with E-state index >= 15 is 4.39 Å². The van der Waals surface area contributed by atoms with Crippen molar-refractivity contribution in [3.05, 3.63) is 65.0 Å². The van der Waals surface area contributed by atoms with Gasteiger partial charge < -0.3 is 9.64 Å². The third-order valence-electron chi connectivity index (χ3n) is 6.19. The van der Waals surface area contributed by atoms with Gasteiger partial charge in [-0.15, -0.1) is 0 Å². The number of Topliss-reactive ketones (excluding diaryl/α,β-unsaturated/α-hetero) is 1. The summed E-state index contributed by atoms with van der Waals surface area (Å²) in [6.07, 6.45) is 3.66. The summed E-state index contributed by atoms with van der Waals surface area (Å²) in [4.78, 5) is 26.2. The molecule has 0 N–H and O–H groups in total. The Hall–Kier alpha value is -2.69. The number of ether oxygens (including phenoxy) is 1. The first-order valence-corrected chi connectivity index (χ1v) is 10.3. The fraction of sp³-hybridized carbons (Fsp3) is 0.417. The number of nitrogens with zero attached hydrogens (tertiary/aromatic N) is 1. The summed E-state index contributed by atoms with van der Waals surface area (Å²) in [5.41, 5.74) is 1.81. The number of halogens is 1. The predicted molar refractivity (Wildman–Crippen MR) is 108 cm³/mol. The maximum Gasteiger partial charge on any atom is 0.257 e. The summed E-state index contributed by atoms with van der Waals surface area (Å²) in [5, 5.41) is 0. The Morgan fingerprint density at radius 3 is 2.52 bits per heavy atom. The van der Waals surface area contributed by atoms with Crippen LogP contribution in [0.25, 0.3) is 0 Å². The molecule has 1 fully saturated rings. The Morgan fingerprint density at radius 2 is 1.83 bits per heavy atom. The number of amides is 1. The molecule has 1 aliphatic heterocycles. The maximum atomic E-state index is 15.0. The topological polar surface area (TPSA) is 46.6 Å². The first-order chi connectivity index (χ1) is 14.0. The first-order valence-electron chi connectivity index (χ1n) is 10.3. The maximum absolute atomic E-state index is 15.0. The largest absolute Gasteiger partial charge is 0.486 e. The van der Waals surface area contributed by atoms with Crippen LogP contribution in [0.4, 0.5) is 4.39 Å². The van der Waals surface area contributed by atoms with Crippen LogP contribution in [-0.4, -0.2) is 23.1 Å². The van der Waals surface area contributed by atoms with Gasteiger partial charge in [-0.1, -0.05) is 36.4 Å². The van der Waals surface area contributed by atoms with E-state index in [-0.39, 0.29) is 35.5 Å². The highest BCUT2D eigenvalue weighted by Gasteiger charge is 2.34. The second-order valence-corrected chi connectivity index (χ2v) is 8.20. The molecule has 152 valence electrons. The minimum Gasteiger partial charge on any atom is -0.486 e. The summed E-state index contributed by atoms with van der Waals surface area (Å²) < 4.78 is 20.6. The van der Waals surface area contributed by atoms with Gasteiger partial charge in [0.1, 0.15) is 12.4 Å². The number of rotatable bonds is 6. The van der Waals surface area contributed by atoms with Gasteiger partial charge in [-0.05, 0) is 55.7 Å². The molecule has 1 aliphatic carbocycles. The van der Waals surface area contributed by atoms with Crippen LogP contribution >= 0.6 is 0 Å². The van der Waals surface area contributed by atoms with Gasteiger partial charge in [-0.2, -0.15) is 0 Å². The van der Waals surface area contributed by atoms with Gasteiger partial charge in [0.15, 0.2) is 11.6 Å². The molecule has 4 rings (SSSR count). The van der Waals surface area contributed by atoms with Crippen LogP contribution in [0.2, 0.25) is 0 Å². The summed E-state index contributed by atoms with van der Waals surface area (Å²) in [6, 6.07) is 13.0. The average molecular weight is 395 g/mol. The van der Waals surface area contributed by atoms with Crippen LogP contribution in [-0.2, 0) is 17.9 Å². The highest BCUT2D eigenvalue weighted by Crippen LogP contribution is 2.35. The number of ketones is 1. The molecule has 1 heterocycles.